The Kier molecular flexibility index (Phi) is 4.04. The van der Waals surface area contributed by atoms with Crippen molar-refractivity contribution in [3.8, 4) is 0 Å². The summed E-state index contributed by atoms with van der Waals surface area (Å²) in [7, 11) is 0. The summed E-state index contributed by atoms with van der Waals surface area (Å²) in [5.74, 6) is 0.502. The maximum absolute atomic E-state index is 8.02. The van der Waals surface area contributed by atoms with Crippen LogP contribution in [0.15, 0.2) is 29.4 Å². The van der Waals surface area contributed by atoms with Gasteiger partial charge in [-0.2, -0.15) is 0 Å². The molecule has 1 rings (SSSR count). The van der Waals surface area contributed by atoms with E-state index in [1.165, 1.54) is 0 Å². The van der Waals surface area contributed by atoms with Gasteiger partial charge in [0.15, 0.2) is 0 Å². The molecule has 2 N–H and O–H groups in total. The van der Waals surface area contributed by atoms with E-state index < -0.39 is 0 Å². The minimum atomic E-state index is 0.468. The molecule has 0 aliphatic heterocycles. The third-order valence-electron chi connectivity index (χ3n) is 1.54. The molecule has 1 aromatic rings. The van der Waals surface area contributed by atoms with Crippen LogP contribution >= 0.6 is 0 Å². The van der Waals surface area contributed by atoms with Gasteiger partial charge in [0.2, 0.25) is 0 Å². The minimum Gasteiger partial charge on any atom is -0.384 e. The molecule has 72 valence electrons. The molecule has 0 unspecified atom stereocenters. The van der Waals surface area contributed by atoms with Crippen LogP contribution in [0.2, 0.25) is 0 Å². The second kappa shape index (κ2) is 5.61. The lowest BCUT2D eigenvalue weighted by molar-refractivity contribution is 0.995. The van der Waals surface area contributed by atoms with E-state index in [9.17, 15) is 0 Å². The highest BCUT2D eigenvalue weighted by Crippen LogP contribution is 2.02. The van der Waals surface area contributed by atoms with E-state index in [2.05, 4.69) is 15.0 Å². The first-order chi connectivity index (χ1) is 6.83. The van der Waals surface area contributed by atoms with Crippen LogP contribution in [0.1, 0.15) is 12.1 Å². The Bertz CT molecular complexity index is 365. The van der Waals surface area contributed by atoms with Gasteiger partial charge in [0.25, 0.3) is 0 Å². The zero-order valence-electron chi connectivity index (χ0n) is 7.67. The molecule has 5 heteroatoms. The number of rotatable bonds is 4. The number of hydrogen-bond donors (Lipinski definition) is 1. The highest BCUT2D eigenvalue weighted by molar-refractivity contribution is 5.47. The summed E-state index contributed by atoms with van der Waals surface area (Å²) in [6.45, 7) is 0.468. The molecule has 0 bridgehead atoms. The Morgan fingerprint density at radius 2 is 2.43 bits per heavy atom. The maximum atomic E-state index is 8.02. The van der Waals surface area contributed by atoms with Crippen molar-refractivity contribution in [2.24, 2.45) is 5.11 Å². The van der Waals surface area contributed by atoms with E-state index in [-0.39, 0.29) is 0 Å². The van der Waals surface area contributed by atoms with Crippen molar-refractivity contribution in [3.63, 3.8) is 0 Å². The zero-order valence-corrected chi connectivity index (χ0v) is 7.67. The van der Waals surface area contributed by atoms with E-state index in [0.29, 0.717) is 18.8 Å². The normalized spacial score (nSPS) is 10.0. The molecule has 0 saturated heterocycles. The van der Waals surface area contributed by atoms with Crippen LogP contribution < -0.4 is 5.73 Å². The summed E-state index contributed by atoms with van der Waals surface area (Å²) < 4.78 is 0. The Hall–Kier alpha value is -2.00. The van der Waals surface area contributed by atoms with Crippen LogP contribution in [0, 0.1) is 0 Å². The van der Waals surface area contributed by atoms with E-state index in [1.807, 2.05) is 24.3 Å². The quantitative estimate of drug-likeness (QED) is 0.341. The van der Waals surface area contributed by atoms with Gasteiger partial charge >= 0.3 is 0 Å². The SMILES string of the molecule is [N-]=[N+]=NCCC=Cc1cccc(N)n1. The molecule has 0 amide bonds. The number of nitrogens with two attached hydrogens (primary N) is 1. The molecule has 1 aromatic heterocycles. The summed E-state index contributed by atoms with van der Waals surface area (Å²) in [4.78, 5) is 6.73. The Balaban J connectivity index is 2.47. The van der Waals surface area contributed by atoms with Crippen molar-refractivity contribution in [1.82, 2.24) is 4.98 Å². The average Bonchev–Trinajstić information content (AvgIpc) is 2.18. The number of pyridine rings is 1. The van der Waals surface area contributed by atoms with E-state index >= 15 is 0 Å². The van der Waals surface area contributed by atoms with Crippen molar-refractivity contribution >= 4 is 11.9 Å². The summed E-state index contributed by atoms with van der Waals surface area (Å²) in [6.07, 6.45) is 4.46. The second-order valence-electron chi connectivity index (χ2n) is 2.63. The second-order valence-corrected chi connectivity index (χ2v) is 2.63. The van der Waals surface area contributed by atoms with Crippen molar-refractivity contribution < 1.29 is 0 Å². The number of anilines is 1. The smallest absolute Gasteiger partial charge is 0.124 e. The predicted octanol–water partition coefficient (Wildman–Crippen LogP) is 2.38. The highest BCUT2D eigenvalue weighted by Gasteiger charge is 1.88. The van der Waals surface area contributed by atoms with E-state index in [4.69, 9.17) is 11.3 Å². The molecule has 0 spiro atoms. The number of hydrogen-bond acceptors (Lipinski definition) is 3. The van der Waals surface area contributed by atoms with Crippen LogP contribution in [-0.4, -0.2) is 11.5 Å². The summed E-state index contributed by atoms with van der Waals surface area (Å²) >= 11 is 0. The molecular formula is C9H11N5. The van der Waals surface area contributed by atoms with Gasteiger partial charge in [0, 0.05) is 11.5 Å². The first kappa shape index (κ1) is 10.1. The standard InChI is InChI=1S/C9H11N5/c10-9-6-3-5-8(13-9)4-1-2-7-12-14-11/h1,3-6H,2,7H2,(H2,10,13). The van der Waals surface area contributed by atoms with Gasteiger partial charge < -0.3 is 5.73 Å². The fourth-order valence-electron chi connectivity index (χ4n) is 0.943. The molecule has 0 aliphatic carbocycles. The molecule has 0 fully saturated rings. The minimum absolute atomic E-state index is 0.468. The number of nitrogens with zero attached hydrogens (tertiary/aromatic N) is 4. The van der Waals surface area contributed by atoms with Gasteiger partial charge in [-0.25, -0.2) is 4.98 Å². The first-order valence-corrected chi connectivity index (χ1v) is 4.23. The first-order valence-electron chi connectivity index (χ1n) is 4.23. The predicted molar refractivity (Wildman–Crippen MR) is 56.3 cm³/mol. The number of aromatic nitrogens is 1. The molecular weight excluding hydrogens is 178 g/mol. The van der Waals surface area contributed by atoms with Gasteiger partial charge in [0.1, 0.15) is 5.82 Å². The fourth-order valence-corrected chi connectivity index (χ4v) is 0.943. The maximum Gasteiger partial charge on any atom is 0.124 e. The summed E-state index contributed by atoms with van der Waals surface area (Å²) in [5.41, 5.74) is 14.3. The third kappa shape index (κ3) is 3.60. The lowest BCUT2D eigenvalue weighted by Crippen LogP contribution is -1.90. The molecule has 0 aromatic carbocycles. The lowest BCUT2D eigenvalue weighted by atomic mass is 10.3. The Morgan fingerprint density at radius 1 is 1.57 bits per heavy atom. The molecule has 5 nitrogen and oxygen atoms in total. The van der Waals surface area contributed by atoms with Crippen LogP contribution in [0.5, 0.6) is 0 Å². The zero-order chi connectivity index (χ0) is 10.2. The Morgan fingerprint density at radius 3 is 3.14 bits per heavy atom. The van der Waals surface area contributed by atoms with Crippen molar-refractivity contribution in [1.29, 1.82) is 0 Å². The summed E-state index contributed by atoms with van der Waals surface area (Å²) in [5, 5.41) is 3.40. The van der Waals surface area contributed by atoms with Crippen LogP contribution in [-0.2, 0) is 0 Å². The van der Waals surface area contributed by atoms with E-state index in [1.54, 1.807) is 6.07 Å². The summed E-state index contributed by atoms with van der Waals surface area (Å²) in [6, 6.07) is 5.44. The molecule has 0 radical (unpaired) electrons. The van der Waals surface area contributed by atoms with Gasteiger partial charge in [-0.15, -0.1) is 0 Å². The molecule has 0 aliphatic rings. The molecule has 0 saturated carbocycles. The van der Waals surface area contributed by atoms with Crippen molar-refractivity contribution in [2.45, 2.75) is 6.42 Å². The molecule has 14 heavy (non-hydrogen) atoms. The average molecular weight is 189 g/mol. The lowest BCUT2D eigenvalue weighted by Gasteiger charge is -1.93. The molecule has 0 atom stereocenters. The van der Waals surface area contributed by atoms with Gasteiger partial charge in [-0.3, -0.25) is 0 Å². The van der Waals surface area contributed by atoms with E-state index in [0.717, 1.165) is 5.69 Å². The van der Waals surface area contributed by atoms with Crippen molar-refractivity contribution in [2.75, 3.05) is 12.3 Å². The Labute approximate surface area is 81.9 Å². The van der Waals surface area contributed by atoms with Gasteiger partial charge in [-0.05, 0) is 30.2 Å². The molecule has 1 heterocycles. The van der Waals surface area contributed by atoms with Crippen LogP contribution in [0.4, 0.5) is 5.82 Å². The third-order valence-corrected chi connectivity index (χ3v) is 1.54. The van der Waals surface area contributed by atoms with Crippen LogP contribution in [0.3, 0.4) is 0 Å². The van der Waals surface area contributed by atoms with Gasteiger partial charge in [-0.1, -0.05) is 17.3 Å². The monoisotopic (exact) mass is 189 g/mol. The number of nitrogen functional groups attached to an aromatic ring is 1. The topological polar surface area (TPSA) is 87.7 Å². The largest absolute Gasteiger partial charge is 0.384 e. The van der Waals surface area contributed by atoms with Crippen LogP contribution in [0.25, 0.3) is 16.5 Å². The highest BCUT2D eigenvalue weighted by atomic mass is 15.1. The van der Waals surface area contributed by atoms with Crippen molar-refractivity contribution in [3.05, 3.63) is 40.4 Å². The van der Waals surface area contributed by atoms with Gasteiger partial charge in [0.05, 0.1) is 5.69 Å². The number of azide groups is 1. The fraction of sp³-hybridized carbons (Fsp3) is 0.222.